The van der Waals surface area contributed by atoms with Gasteiger partial charge in [-0.05, 0) is 38.5 Å². The number of hydrogen-bond acceptors (Lipinski definition) is 2. The molecule has 1 aliphatic heterocycles. The van der Waals surface area contributed by atoms with Gasteiger partial charge >= 0.3 is 0 Å². The van der Waals surface area contributed by atoms with Gasteiger partial charge < -0.3 is 4.90 Å². The molecule has 16 heavy (non-hydrogen) atoms. The van der Waals surface area contributed by atoms with Crippen LogP contribution in [0.5, 0.6) is 0 Å². The van der Waals surface area contributed by atoms with Gasteiger partial charge in [0.1, 0.15) is 0 Å². The molecule has 0 aromatic heterocycles. The molecule has 0 spiro atoms. The van der Waals surface area contributed by atoms with Crippen LogP contribution < -0.4 is 4.90 Å². The maximum absolute atomic E-state index is 11.8. The first-order valence-electron chi connectivity index (χ1n) is 5.50. The number of carbonyl (C=O) groups is 1. The Morgan fingerprint density at radius 1 is 1.38 bits per heavy atom. The van der Waals surface area contributed by atoms with Crippen molar-refractivity contribution in [3.05, 3.63) is 28.8 Å². The Hall–Kier alpha value is -1.02. The summed E-state index contributed by atoms with van der Waals surface area (Å²) in [4.78, 5) is 13.9. The number of carbonyl (C=O) groups excluding carboxylic acids is 1. The van der Waals surface area contributed by atoms with Gasteiger partial charge in [-0.25, -0.2) is 0 Å². The fourth-order valence-electron chi connectivity index (χ4n) is 2.15. The lowest BCUT2D eigenvalue weighted by Crippen LogP contribution is -2.42. The Labute approximate surface area is 101 Å². The van der Waals surface area contributed by atoms with Crippen LogP contribution in [0.1, 0.15) is 25.8 Å². The van der Waals surface area contributed by atoms with Crippen molar-refractivity contribution in [2.45, 2.75) is 32.7 Å². The van der Waals surface area contributed by atoms with Crippen LogP contribution in [0.2, 0.25) is 5.02 Å². The quantitative estimate of drug-likeness (QED) is 0.748. The monoisotopic (exact) mass is 237 g/mol. The molecule has 1 aromatic carbocycles. The Morgan fingerprint density at radius 3 is 2.56 bits per heavy atom. The van der Waals surface area contributed by atoms with E-state index >= 15 is 0 Å². The van der Waals surface area contributed by atoms with Gasteiger partial charge in [-0.15, -0.1) is 0 Å². The van der Waals surface area contributed by atoms with Crippen molar-refractivity contribution in [2.75, 3.05) is 11.4 Å². The smallest absolute Gasteiger partial charge is 0.159 e. The second-order valence-electron chi connectivity index (χ2n) is 4.82. The lowest BCUT2D eigenvalue weighted by Gasteiger charge is -2.32. The highest BCUT2D eigenvalue weighted by Gasteiger charge is 2.39. The molecule has 0 unspecified atom stereocenters. The van der Waals surface area contributed by atoms with Crippen molar-refractivity contribution in [3.63, 3.8) is 0 Å². The normalized spacial score (nSPS) is 19.2. The topological polar surface area (TPSA) is 20.3 Å². The summed E-state index contributed by atoms with van der Waals surface area (Å²) in [6.07, 6.45) is 0.624. The van der Waals surface area contributed by atoms with E-state index in [0.29, 0.717) is 12.2 Å². The molecule has 1 heterocycles. The maximum atomic E-state index is 11.8. The highest BCUT2D eigenvalue weighted by Crippen LogP contribution is 2.33. The molecule has 0 atom stereocenters. The van der Waals surface area contributed by atoms with Gasteiger partial charge in [0.25, 0.3) is 0 Å². The van der Waals surface area contributed by atoms with Crippen molar-refractivity contribution >= 4 is 23.1 Å². The van der Waals surface area contributed by atoms with E-state index in [1.807, 2.05) is 39.0 Å². The number of Topliss-reactive ketones (excluding diaryl/α,β-unsaturated/α-hetero) is 1. The molecule has 86 valence electrons. The van der Waals surface area contributed by atoms with Crippen LogP contribution in [0.15, 0.2) is 18.2 Å². The van der Waals surface area contributed by atoms with Gasteiger partial charge in [0.05, 0.1) is 5.54 Å². The average Bonchev–Trinajstić information content (AvgIpc) is 2.47. The number of aryl methyl sites for hydroxylation is 1. The minimum absolute atomic E-state index is 0.296. The third-order valence-electron chi connectivity index (χ3n) is 3.39. The summed E-state index contributed by atoms with van der Waals surface area (Å²) in [5.74, 6) is 0.296. The number of nitrogens with zero attached hydrogens (tertiary/aromatic N) is 1. The molecule has 3 heteroatoms. The lowest BCUT2D eigenvalue weighted by atomic mass is 10.00. The zero-order valence-corrected chi connectivity index (χ0v) is 10.6. The van der Waals surface area contributed by atoms with Crippen LogP contribution in [0.4, 0.5) is 5.69 Å². The minimum atomic E-state index is -0.404. The van der Waals surface area contributed by atoms with Crippen LogP contribution >= 0.6 is 11.6 Å². The standard InChI is InChI=1S/C13H16ClNO/c1-9-4-5-10(8-11(9)14)15-7-6-12(16)13(15,2)3/h4-5,8H,6-7H2,1-3H3. The lowest BCUT2D eigenvalue weighted by molar-refractivity contribution is -0.120. The van der Waals surface area contributed by atoms with E-state index < -0.39 is 5.54 Å². The molecule has 0 bridgehead atoms. The third kappa shape index (κ3) is 1.71. The molecule has 0 amide bonds. The van der Waals surface area contributed by atoms with Crippen LogP contribution in [0.3, 0.4) is 0 Å². The molecular weight excluding hydrogens is 222 g/mol. The Kier molecular flexibility index (Phi) is 2.70. The molecule has 0 saturated carbocycles. The van der Waals surface area contributed by atoms with Gasteiger partial charge in [-0.1, -0.05) is 17.7 Å². The number of hydrogen-bond donors (Lipinski definition) is 0. The molecule has 2 nitrogen and oxygen atoms in total. The Bertz CT molecular complexity index is 440. The molecule has 0 aliphatic carbocycles. The summed E-state index contributed by atoms with van der Waals surface area (Å²) in [7, 11) is 0. The molecule has 1 fully saturated rings. The molecule has 1 aromatic rings. The summed E-state index contributed by atoms with van der Waals surface area (Å²) in [5, 5.41) is 0.757. The highest BCUT2D eigenvalue weighted by molar-refractivity contribution is 6.31. The second kappa shape index (κ2) is 3.77. The first kappa shape index (κ1) is 11.5. The predicted molar refractivity (Wildman–Crippen MR) is 67.2 cm³/mol. The third-order valence-corrected chi connectivity index (χ3v) is 3.79. The largest absolute Gasteiger partial charge is 0.359 e. The summed E-state index contributed by atoms with van der Waals surface area (Å²) < 4.78 is 0. The fraction of sp³-hybridized carbons (Fsp3) is 0.462. The molecular formula is C13H16ClNO. The molecule has 0 N–H and O–H groups in total. The Morgan fingerprint density at radius 2 is 2.06 bits per heavy atom. The SMILES string of the molecule is Cc1ccc(N2CCC(=O)C2(C)C)cc1Cl. The first-order chi connectivity index (χ1) is 7.43. The first-order valence-corrected chi connectivity index (χ1v) is 5.88. The van der Waals surface area contributed by atoms with Crippen LogP contribution in [0.25, 0.3) is 0 Å². The summed E-state index contributed by atoms with van der Waals surface area (Å²) in [6.45, 7) is 6.70. The number of halogens is 1. The number of benzene rings is 1. The van der Waals surface area contributed by atoms with Crippen LogP contribution in [-0.2, 0) is 4.79 Å². The molecule has 2 rings (SSSR count). The van der Waals surface area contributed by atoms with Gasteiger partial charge in [0.2, 0.25) is 0 Å². The molecule has 1 saturated heterocycles. The number of ketones is 1. The van der Waals surface area contributed by atoms with Crippen LogP contribution in [0, 0.1) is 6.92 Å². The minimum Gasteiger partial charge on any atom is -0.359 e. The molecule has 1 aliphatic rings. The van der Waals surface area contributed by atoms with Crippen molar-refractivity contribution in [2.24, 2.45) is 0 Å². The van der Waals surface area contributed by atoms with E-state index in [0.717, 1.165) is 22.8 Å². The van der Waals surface area contributed by atoms with E-state index in [-0.39, 0.29) is 0 Å². The van der Waals surface area contributed by atoms with Crippen LogP contribution in [-0.4, -0.2) is 17.9 Å². The zero-order chi connectivity index (χ0) is 11.9. The predicted octanol–water partition coefficient (Wildman–Crippen LogP) is 3.21. The van der Waals surface area contributed by atoms with Gasteiger partial charge in [-0.2, -0.15) is 0 Å². The highest BCUT2D eigenvalue weighted by atomic mass is 35.5. The van der Waals surface area contributed by atoms with E-state index in [9.17, 15) is 4.79 Å². The van der Waals surface area contributed by atoms with E-state index in [2.05, 4.69) is 4.90 Å². The summed E-state index contributed by atoms with van der Waals surface area (Å²) >= 11 is 6.11. The van der Waals surface area contributed by atoms with Gasteiger partial charge in [0, 0.05) is 23.7 Å². The van der Waals surface area contributed by atoms with Crippen molar-refractivity contribution in [1.82, 2.24) is 0 Å². The zero-order valence-electron chi connectivity index (χ0n) is 9.88. The summed E-state index contributed by atoms with van der Waals surface area (Å²) in [6, 6.07) is 5.97. The van der Waals surface area contributed by atoms with Gasteiger partial charge in [0.15, 0.2) is 5.78 Å². The number of anilines is 1. The fourth-order valence-corrected chi connectivity index (χ4v) is 2.33. The maximum Gasteiger partial charge on any atom is 0.159 e. The van der Waals surface area contributed by atoms with E-state index in [1.54, 1.807) is 0 Å². The summed E-state index contributed by atoms with van der Waals surface area (Å²) in [5.41, 5.74) is 1.69. The van der Waals surface area contributed by atoms with Gasteiger partial charge in [-0.3, -0.25) is 4.79 Å². The Balaban J connectivity index is 2.38. The average molecular weight is 238 g/mol. The van der Waals surface area contributed by atoms with Crippen molar-refractivity contribution in [3.8, 4) is 0 Å². The van der Waals surface area contributed by atoms with E-state index in [4.69, 9.17) is 11.6 Å². The van der Waals surface area contributed by atoms with Crippen molar-refractivity contribution in [1.29, 1.82) is 0 Å². The molecule has 0 radical (unpaired) electrons. The van der Waals surface area contributed by atoms with E-state index in [1.165, 1.54) is 0 Å². The van der Waals surface area contributed by atoms with Crippen molar-refractivity contribution < 1.29 is 4.79 Å². The number of rotatable bonds is 1. The second-order valence-corrected chi connectivity index (χ2v) is 5.22.